The van der Waals surface area contributed by atoms with Crippen molar-refractivity contribution in [1.29, 1.82) is 0 Å². The van der Waals surface area contributed by atoms with Gasteiger partial charge < -0.3 is 23.4 Å². The van der Waals surface area contributed by atoms with Gasteiger partial charge in [-0.25, -0.2) is 4.98 Å². The summed E-state index contributed by atoms with van der Waals surface area (Å²) in [5.74, 6) is 2.54. The number of hydrogen-bond acceptors (Lipinski definition) is 3. The molecular formula is C80H63N5OPt-2. The van der Waals surface area contributed by atoms with Crippen LogP contribution in [-0.2, 0) is 39.4 Å². The van der Waals surface area contributed by atoms with Crippen LogP contribution < -0.4 is 9.30 Å². The van der Waals surface area contributed by atoms with Gasteiger partial charge in [0.1, 0.15) is 5.82 Å². The molecule has 0 amide bonds. The van der Waals surface area contributed by atoms with Crippen molar-refractivity contribution in [2.45, 2.75) is 58.4 Å². The first-order valence-electron chi connectivity index (χ1n) is 29.8. The number of benzene rings is 10. The maximum atomic E-state index is 6.62. The molecule has 0 aliphatic rings. The summed E-state index contributed by atoms with van der Waals surface area (Å²) in [5, 5.41) is 2.21. The van der Waals surface area contributed by atoms with Gasteiger partial charge in [0.2, 0.25) is 6.33 Å². The van der Waals surface area contributed by atoms with Crippen LogP contribution >= 0.6 is 0 Å². The molecular weight excluding hydrogens is 1240 g/mol. The van der Waals surface area contributed by atoms with Crippen LogP contribution in [0.3, 0.4) is 0 Å². The fourth-order valence-corrected chi connectivity index (χ4v) is 12.2. The molecule has 14 rings (SSSR count). The van der Waals surface area contributed by atoms with E-state index < -0.39 is 0 Å². The summed E-state index contributed by atoms with van der Waals surface area (Å²) < 4.78 is 13.0. The van der Waals surface area contributed by atoms with E-state index in [1.165, 1.54) is 77.9 Å². The number of aryl methyl sites for hydroxylation is 1. The van der Waals surface area contributed by atoms with Crippen molar-refractivity contribution in [3.8, 4) is 89.9 Å². The number of unbranched alkanes of at least 4 members (excludes halogenated alkanes) is 2. The van der Waals surface area contributed by atoms with Crippen molar-refractivity contribution in [1.82, 2.24) is 19.1 Å². The van der Waals surface area contributed by atoms with E-state index in [4.69, 9.17) is 14.7 Å². The van der Waals surface area contributed by atoms with Gasteiger partial charge in [0.25, 0.3) is 0 Å². The maximum absolute atomic E-state index is 6.62. The molecule has 0 aliphatic carbocycles. The molecule has 7 heteroatoms. The minimum absolute atomic E-state index is 0. The van der Waals surface area contributed by atoms with Crippen molar-refractivity contribution < 1.29 is 30.4 Å². The number of pyridine rings is 2. The summed E-state index contributed by atoms with van der Waals surface area (Å²) in [6.45, 7) is 7.46. The molecule has 0 atom stereocenters. The molecule has 426 valence electrons. The molecule has 0 saturated heterocycles. The van der Waals surface area contributed by atoms with Gasteiger partial charge in [-0.15, -0.1) is 17.5 Å². The van der Waals surface area contributed by atoms with Gasteiger partial charge in [-0.2, -0.15) is 18.2 Å². The predicted octanol–water partition coefficient (Wildman–Crippen LogP) is 19.7. The zero-order valence-electron chi connectivity index (χ0n) is 48.9. The molecule has 0 fully saturated rings. The fourth-order valence-electron chi connectivity index (χ4n) is 12.2. The SMILES string of the molecule is CC(C)(C)c1ccnc(-n2c3[c-]c(Oc4[c-]c(-n5[c-][n+](CCCCCc6c(-c7cc(-c8ccccc8)cc(-c8ccccc8)c7)cccc6-c6cc(-c7ccccc7)cc(-c7ccccc7)c6)c6ccccc65)ncc4)ccc3c3ccccc32)c1.[Pt]. The molecule has 6 nitrogen and oxygen atoms in total. The second kappa shape index (κ2) is 24.7. The van der Waals surface area contributed by atoms with Crippen molar-refractivity contribution in [3.05, 3.63) is 297 Å². The summed E-state index contributed by atoms with van der Waals surface area (Å²) in [5.41, 5.74) is 21.1. The Morgan fingerprint density at radius 2 is 0.954 bits per heavy atom. The minimum atomic E-state index is -0.0386. The van der Waals surface area contributed by atoms with Crippen molar-refractivity contribution in [2.24, 2.45) is 0 Å². The monoisotopic (exact) mass is 1300 g/mol. The molecule has 4 heterocycles. The van der Waals surface area contributed by atoms with E-state index in [1.807, 2.05) is 22.9 Å². The average Bonchev–Trinajstić information content (AvgIpc) is 1.73. The molecule has 0 radical (unpaired) electrons. The van der Waals surface area contributed by atoms with Crippen molar-refractivity contribution in [3.63, 3.8) is 0 Å². The number of para-hydroxylation sites is 3. The van der Waals surface area contributed by atoms with Gasteiger partial charge in [-0.3, -0.25) is 0 Å². The quantitative estimate of drug-likeness (QED) is 0.0550. The Labute approximate surface area is 524 Å². The first kappa shape index (κ1) is 56.4. The van der Waals surface area contributed by atoms with Crippen LogP contribution in [0.5, 0.6) is 11.5 Å². The molecule has 0 bridgehead atoms. The Morgan fingerprint density at radius 3 is 1.54 bits per heavy atom. The number of imidazole rings is 1. The van der Waals surface area contributed by atoms with Crippen LogP contribution in [0.4, 0.5) is 0 Å². The molecule has 0 aliphatic heterocycles. The summed E-state index contributed by atoms with van der Waals surface area (Å²) >= 11 is 0. The Bertz CT molecular complexity index is 4480. The number of rotatable bonds is 16. The standard InChI is InChI=1S/C80H63N5O.Pt/c1-80(2,3)66-41-43-82-79(52-66)85-74-36-19-18-33-72(74)73-40-39-67(53-77(73)85)86-68-42-44-81-78(54-68)84-55-83(75-37-20-21-38-76(75)84)45-22-8-17-32-71-69(64-48-60(56-24-9-4-10-25-56)46-61(49-64)57-26-11-5-12-27-57)34-23-35-70(71)65-50-62(58-28-13-6-14-29-58)47-63(51-65)59-30-15-7-16-31-59;/h4-7,9-16,18-21,23-31,33-44,46-52H,8,17,22,32,45H2,1-3H3;/q-2;. The fraction of sp³-hybridized carbons (Fsp3) is 0.113. The molecule has 0 unspecified atom stereocenters. The molecule has 0 N–H and O–H groups in total. The second-order valence-electron chi connectivity index (χ2n) is 23.2. The van der Waals surface area contributed by atoms with Crippen molar-refractivity contribution in [2.75, 3.05) is 0 Å². The van der Waals surface area contributed by atoms with Crippen LogP contribution in [0.1, 0.15) is 51.2 Å². The summed E-state index contributed by atoms with van der Waals surface area (Å²) in [6, 6.07) is 98.5. The van der Waals surface area contributed by atoms with Gasteiger partial charge in [0.05, 0.1) is 23.4 Å². The number of nitrogens with zero attached hydrogens (tertiary/aromatic N) is 5. The Balaban J connectivity index is 0.00000700. The largest absolute Gasteiger partial charge is 0.522 e. The molecule has 10 aromatic carbocycles. The number of aromatic nitrogens is 5. The normalized spacial score (nSPS) is 11.5. The predicted molar refractivity (Wildman–Crippen MR) is 352 cm³/mol. The Hall–Kier alpha value is -9.74. The molecule has 0 saturated carbocycles. The van der Waals surface area contributed by atoms with Crippen LogP contribution in [-0.4, -0.2) is 19.1 Å². The molecule has 0 spiro atoms. The zero-order valence-corrected chi connectivity index (χ0v) is 51.2. The number of hydrogen-bond donors (Lipinski definition) is 0. The van der Waals surface area contributed by atoms with E-state index in [1.54, 1.807) is 6.20 Å². The van der Waals surface area contributed by atoms with E-state index in [9.17, 15) is 0 Å². The molecule has 87 heavy (non-hydrogen) atoms. The first-order valence-corrected chi connectivity index (χ1v) is 29.8. The summed E-state index contributed by atoms with van der Waals surface area (Å²) in [6.07, 6.45) is 11.2. The maximum Gasteiger partial charge on any atom is 0.244 e. The van der Waals surface area contributed by atoms with Crippen LogP contribution in [0.25, 0.3) is 111 Å². The molecule has 14 aromatic rings. The summed E-state index contributed by atoms with van der Waals surface area (Å²) in [7, 11) is 0. The van der Waals surface area contributed by atoms with Crippen LogP contribution in [0.2, 0.25) is 0 Å². The van der Waals surface area contributed by atoms with Gasteiger partial charge in [0, 0.05) is 38.5 Å². The number of ether oxygens (including phenoxy) is 1. The van der Waals surface area contributed by atoms with E-state index in [0.717, 1.165) is 70.9 Å². The van der Waals surface area contributed by atoms with Crippen molar-refractivity contribution >= 4 is 32.8 Å². The average molecular weight is 1310 g/mol. The first-order chi connectivity index (χ1) is 42.3. The smallest absolute Gasteiger partial charge is 0.244 e. The van der Waals surface area contributed by atoms with Crippen LogP contribution in [0.15, 0.2) is 267 Å². The van der Waals surface area contributed by atoms with Gasteiger partial charge >= 0.3 is 0 Å². The number of fused-ring (bicyclic) bond motifs is 4. The zero-order chi connectivity index (χ0) is 58.0. The Morgan fingerprint density at radius 1 is 0.437 bits per heavy atom. The third kappa shape index (κ3) is 11.7. The summed E-state index contributed by atoms with van der Waals surface area (Å²) in [4.78, 5) is 9.71. The van der Waals surface area contributed by atoms with Gasteiger partial charge in [-0.1, -0.05) is 214 Å². The molecule has 4 aromatic heterocycles. The topological polar surface area (TPSA) is 48.8 Å². The van der Waals surface area contributed by atoms with E-state index >= 15 is 0 Å². The van der Waals surface area contributed by atoms with E-state index in [0.29, 0.717) is 17.3 Å². The third-order valence-corrected chi connectivity index (χ3v) is 16.5. The van der Waals surface area contributed by atoms with Gasteiger partial charge in [-0.05, 0) is 175 Å². The van der Waals surface area contributed by atoms with E-state index in [2.05, 4.69) is 291 Å². The second-order valence-corrected chi connectivity index (χ2v) is 23.2. The van der Waals surface area contributed by atoms with E-state index in [-0.39, 0.29) is 26.5 Å². The third-order valence-electron chi connectivity index (χ3n) is 16.5. The van der Waals surface area contributed by atoms with Crippen LogP contribution in [0, 0.1) is 18.5 Å². The van der Waals surface area contributed by atoms with Gasteiger partial charge in [0.15, 0.2) is 0 Å². The Kier molecular flexibility index (Phi) is 16.0. The minimum Gasteiger partial charge on any atom is -0.522 e.